The highest BCUT2D eigenvalue weighted by atomic mass is 35.5. The van der Waals surface area contributed by atoms with Crippen molar-refractivity contribution in [2.75, 3.05) is 5.32 Å². The maximum absolute atomic E-state index is 13.1. The molecule has 0 aliphatic carbocycles. The van der Waals surface area contributed by atoms with E-state index in [2.05, 4.69) is 10.4 Å². The van der Waals surface area contributed by atoms with Gasteiger partial charge in [0.2, 0.25) is 0 Å². The Balaban J connectivity index is 1.69. The van der Waals surface area contributed by atoms with Gasteiger partial charge in [0.05, 0.1) is 27.7 Å². The Morgan fingerprint density at radius 3 is 2.87 bits per heavy atom. The topological polar surface area (TPSA) is 46.9 Å². The highest BCUT2D eigenvalue weighted by Crippen LogP contribution is 2.22. The van der Waals surface area contributed by atoms with Crippen molar-refractivity contribution in [2.45, 2.75) is 6.54 Å². The highest BCUT2D eigenvalue weighted by molar-refractivity contribution is 7.12. The van der Waals surface area contributed by atoms with Gasteiger partial charge in [-0.2, -0.15) is 5.10 Å². The van der Waals surface area contributed by atoms with Crippen molar-refractivity contribution in [3.05, 3.63) is 68.3 Å². The lowest BCUT2D eigenvalue weighted by atomic mass is 10.3. The van der Waals surface area contributed by atoms with Gasteiger partial charge in [-0.15, -0.1) is 11.3 Å². The van der Waals surface area contributed by atoms with Gasteiger partial charge in [0.1, 0.15) is 5.82 Å². The molecule has 0 unspecified atom stereocenters. The molecule has 1 aromatic carbocycles. The number of benzene rings is 1. The SMILES string of the molecule is O=C(Nc1ccc(F)c(Cl)c1)c1cc(Cn2cc(Cl)cn2)cs1. The van der Waals surface area contributed by atoms with Crippen LogP contribution in [0, 0.1) is 5.82 Å². The lowest BCUT2D eigenvalue weighted by Crippen LogP contribution is -2.10. The second-order valence-corrected chi connectivity index (χ2v) is 6.51. The fourth-order valence-electron chi connectivity index (χ4n) is 1.96. The summed E-state index contributed by atoms with van der Waals surface area (Å²) in [6.07, 6.45) is 3.26. The standard InChI is InChI=1S/C15H10Cl2FN3OS/c16-10-5-19-21(7-10)6-9-3-14(23-8-9)15(22)20-11-1-2-13(18)12(17)4-11/h1-5,7-8H,6H2,(H,20,22). The van der Waals surface area contributed by atoms with Gasteiger partial charge in [-0.25, -0.2) is 4.39 Å². The van der Waals surface area contributed by atoms with Crippen molar-refractivity contribution < 1.29 is 9.18 Å². The first-order chi connectivity index (χ1) is 11.0. The number of amides is 1. The molecule has 23 heavy (non-hydrogen) atoms. The number of nitrogens with one attached hydrogen (secondary N) is 1. The predicted octanol–water partition coefficient (Wildman–Crippen LogP) is 4.69. The number of thiophene rings is 1. The second-order valence-electron chi connectivity index (χ2n) is 4.76. The molecule has 0 aliphatic heterocycles. The van der Waals surface area contributed by atoms with Crippen molar-refractivity contribution >= 4 is 46.1 Å². The zero-order chi connectivity index (χ0) is 16.4. The lowest BCUT2D eigenvalue weighted by molar-refractivity contribution is 0.103. The van der Waals surface area contributed by atoms with Gasteiger partial charge in [0.25, 0.3) is 5.91 Å². The van der Waals surface area contributed by atoms with E-state index in [4.69, 9.17) is 23.2 Å². The van der Waals surface area contributed by atoms with Crippen LogP contribution in [0.15, 0.2) is 42.0 Å². The van der Waals surface area contributed by atoms with Gasteiger partial charge in [0.15, 0.2) is 0 Å². The van der Waals surface area contributed by atoms with E-state index in [1.807, 2.05) is 5.38 Å². The fourth-order valence-corrected chi connectivity index (χ4v) is 3.09. The van der Waals surface area contributed by atoms with Crippen LogP contribution in [0.2, 0.25) is 10.0 Å². The third kappa shape index (κ3) is 3.90. The molecule has 0 saturated heterocycles. The van der Waals surface area contributed by atoms with Gasteiger partial charge in [0, 0.05) is 11.9 Å². The van der Waals surface area contributed by atoms with Gasteiger partial charge in [-0.3, -0.25) is 9.48 Å². The summed E-state index contributed by atoms with van der Waals surface area (Å²) in [7, 11) is 0. The maximum atomic E-state index is 13.1. The first-order valence-electron chi connectivity index (χ1n) is 6.53. The summed E-state index contributed by atoms with van der Waals surface area (Å²) in [5.74, 6) is -0.802. The van der Waals surface area contributed by atoms with Crippen LogP contribution in [0.25, 0.3) is 0 Å². The third-order valence-electron chi connectivity index (χ3n) is 3.00. The van der Waals surface area contributed by atoms with Crippen LogP contribution in [0.3, 0.4) is 0 Å². The molecule has 3 rings (SSSR count). The summed E-state index contributed by atoms with van der Waals surface area (Å²) in [4.78, 5) is 12.7. The molecule has 0 bridgehead atoms. The maximum Gasteiger partial charge on any atom is 0.265 e. The molecule has 3 aromatic rings. The normalized spacial score (nSPS) is 10.7. The number of hydrogen-bond donors (Lipinski definition) is 1. The summed E-state index contributed by atoms with van der Waals surface area (Å²) >= 11 is 12.8. The Kier molecular flexibility index (Phi) is 4.66. The summed E-state index contributed by atoms with van der Waals surface area (Å²) in [6, 6.07) is 5.81. The molecule has 4 nitrogen and oxygen atoms in total. The Labute approximate surface area is 145 Å². The van der Waals surface area contributed by atoms with Crippen molar-refractivity contribution in [3.63, 3.8) is 0 Å². The van der Waals surface area contributed by atoms with Crippen molar-refractivity contribution in [3.8, 4) is 0 Å². The van der Waals surface area contributed by atoms with E-state index in [1.165, 1.54) is 29.5 Å². The zero-order valence-electron chi connectivity index (χ0n) is 11.6. The van der Waals surface area contributed by atoms with E-state index >= 15 is 0 Å². The minimum Gasteiger partial charge on any atom is -0.321 e. The lowest BCUT2D eigenvalue weighted by Gasteiger charge is -2.04. The molecule has 118 valence electrons. The minimum absolute atomic E-state index is 0.0368. The van der Waals surface area contributed by atoms with Crippen molar-refractivity contribution in [2.24, 2.45) is 0 Å². The van der Waals surface area contributed by atoms with Gasteiger partial charge in [-0.1, -0.05) is 23.2 Å². The van der Waals surface area contributed by atoms with E-state index in [-0.39, 0.29) is 10.9 Å². The molecule has 1 N–H and O–H groups in total. The number of rotatable bonds is 4. The van der Waals surface area contributed by atoms with E-state index < -0.39 is 5.82 Å². The average Bonchev–Trinajstić information content (AvgIpc) is 3.13. The summed E-state index contributed by atoms with van der Waals surface area (Å²) in [5, 5.41) is 9.18. The molecular weight excluding hydrogens is 360 g/mol. The van der Waals surface area contributed by atoms with E-state index in [0.29, 0.717) is 22.1 Å². The molecule has 2 aromatic heterocycles. The van der Waals surface area contributed by atoms with E-state index in [9.17, 15) is 9.18 Å². The summed E-state index contributed by atoms with van der Waals surface area (Å²) < 4.78 is 14.8. The van der Waals surface area contributed by atoms with Crippen LogP contribution in [-0.4, -0.2) is 15.7 Å². The van der Waals surface area contributed by atoms with Gasteiger partial charge < -0.3 is 5.32 Å². The Hall–Kier alpha value is -1.89. The molecule has 0 spiro atoms. The number of nitrogens with zero attached hydrogens (tertiary/aromatic N) is 2. The first kappa shape index (κ1) is 16.0. The van der Waals surface area contributed by atoms with E-state index in [1.54, 1.807) is 23.1 Å². The van der Waals surface area contributed by atoms with Crippen LogP contribution < -0.4 is 5.32 Å². The smallest absolute Gasteiger partial charge is 0.265 e. The first-order valence-corrected chi connectivity index (χ1v) is 8.16. The van der Waals surface area contributed by atoms with Crippen molar-refractivity contribution in [1.82, 2.24) is 9.78 Å². The summed E-state index contributed by atoms with van der Waals surface area (Å²) in [5.41, 5.74) is 1.38. The minimum atomic E-state index is -0.527. The Morgan fingerprint density at radius 2 is 2.17 bits per heavy atom. The van der Waals surface area contributed by atoms with Crippen LogP contribution in [0.4, 0.5) is 10.1 Å². The summed E-state index contributed by atoms with van der Waals surface area (Å²) in [6.45, 7) is 0.527. The number of anilines is 1. The number of carbonyl (C=O) groups is 1. The molecular formula is C15H10Cl2FN3OS. The molecule has 8 heteroatoms. The van der Waals surface area contributed by atoms with Gasteiger partial charge in [-0.05, 0) is 35.2 Å². The monoisotopic (exact) mass is 369 g/mol. The quantitative estimate of drug-likeness (QED) is 0.724. The van der Waals surface area contributed by atoms with Gasteiger partial charge >= 0.3 is 0 Å². The highest BCUT2D eigenvalue weighted by Gasteiger charge is 2.11. The van der Waals surface area contributed by atoms with Crippen LogP contribution in [0.5, 0.6) is 0 Å². The number of aromatic nitrogens is 2. The fraction of sp³-hybridized carbons (Fsp3) is 0.0667. The molecule has 0 atom stereocenters. The third-order valence-corrected chi connectivity index (χ3v) is 4.46. The Bertz CT molecular complexity index is 862. The Morgan fingerprint density at radius 1 is 1.35 bits per heavy atom. The molecule has 0 aliphatic rings. The number of carbonyl (C=O) groups excluding carboxylic acids is 1. The van der Waals surface area contributed by atoms with Crippen LogP contribution in [0.1, 0.15) is 15.2 Å². The number of hydrogen-bond acceptors (Lipinski definition) is 3. The molecule has 0 radical (unpaired) electrons. The largest absolute Gasteiger partial charge is 0.321 e. The molecule has 0 saturated carbocycles. The van der Waals surface area contributed by atoms with E-state index in [0.717, 1.165) is 5.56 Å². The molecule has 2 heterocycles. The number of halogens is 3. The second kappa shape index (κ2) is 6.70. The molecule has 0 fully saturated rings. The molecule has 1 amide bonds. The average molecular weight is 370 g/mol. The predicted molar refractivity (Wildman–Crippen MR) is 90.0 cm³/mol. The van der Waals surface area contributed by atoms with Crippen LogP contribution in [-0.2, 0) is 6.54 Å². The zero-order valence-corrected chi connectivity index (χ0v) is 13.9. The van der Waals surface area contributed by atoms with Crippen molar-refractivity contribution in [1.29, 1.82) is 0 Å². The van der Waals surface area contributed by atoms with Crippen LogP contribution >= 0.6 is 34.5 Å².